The standard InChI is InChI=1S/C20H16N4O/c1-11-15(8-13-4-6-14(25-3)7-5-13)18-12(2)17(10-22)20(23)24-19(18)16(11)9-21/h4-8H,1-3H3,(H2,23,24)/p+1/b15-8+. The summed E-state index contributed by atoms with van der Waals surface area (Å²) in [5.41, 5.74) is 12.0. The lowest BCUT2D eigenvalue weighted by Crippen LogP contribution is -2.20. The summed E-state index contributed by atoms with van der Waals surface area (Å²) in [6, 6.07) is 12.1. The Hall–Kier alpha value is -3.57. The van der Waals surface area contributed by atoms with E-state index in [0.29, 0.717) is 16.8 Å². The number of pyridine rings is 1. The summed E-state index contributed by atoms with van der Waals surface area (Å²) >= 11 is 0. The zero-order valence-corrected chi connectivity index (χ0v) is 14.3. The number of nitriles is 2. The zero-order valence-electron chi connectivity index (χ0n) is 14.3. The molecular weight excluding hydrogens is 312 g/mol. The number of allylic oxidation sites excluding steroid dienone is 3. The van der Waals surface area contributed by atoms with Crippen LogP contribution < -0.4 is 15.5 Å². The Labute approximate surface area is 146 Å². The number of anilines is 1. The van der Waals surface area contributed by atoms with Gasteiger partial charge >= 0.3 is 0 Å². The minimum absolute atomic E-state index is 0.282. The Morgan fingerprint density at radius 2 is 1.80 bits per heavy atom. The lowest BCUT2D eigenvalue weighted by Gasteiger charge is -2.08. The molecule has 5 heteroatoms. The molecule has 5 nitrogen and oxygen atoms in total. The minimum Gasteiger partial charge on any atom is -0.497 e. The lowest BCUT2D eigenvalue weighted by atomic mass is 9.95. The number of aromatic amines is 1. The number of hydrogen-bond acceptors (Lipinski definition) is 4. The van der Waals surface area contributed by atoms with Crippen molar-refractivity contribution >= 4 is 23.0 Å². The van der Waals surface area contributed by atoms with E-state index in [1.54, 1.807) is 7.11 Å². The second kappa shape index (κ2) is 6.14. The van der Waals surface area contributed by atoms with Crippen LogP contribution in [0, 0.1) is 29.6 Å². The van der Waals surface area contributed by atoms with Gasteiger partial charge in [-0.3, -0.25) is 5.73 Å². The Morgan fingerprint density at radius 1 is 1.12 bits per heavy atom. The van der Waals surface area contributed by atoms with E-state index in [4.69, 9.17) is 10.5 Å². The fourth-order valence-corrected chi connectivity index (χ4v) is 3.14. The topological polar surface area (TPSA) is 97.0 Å². The molecule has 3 rings (SSSR count). The SMILES string of the molecule is COc1ccc(/C=C2\C(C)=C(C#N)c3[nH+]c(N)c(C#N)c(C)c32)cc1. The van der Waals surface area contributed by atoms with Crippen molar-refractivity contribution in [2.45, 2.75) is 13.8 Å². The molecular formula is C20H17N4O+. The summed E-state index contributed by atoms with van der Waals surface area (Å²) in [6.07, 6.45) is 2.01. The van der Waals surface area contributed by atoms with Crippen LogP contribution in [-0.4, -0.2) is 7.11 Å². The molecule has 1 heterocycles. The number of hydrogen-bond donors (Lipinski definition) is 1. The van der Waals surface area contributed by atoms with Gasteiger partial charge in [0.15, 0.2) is 5.69 Å². The summed E-state index contributed by atoms with van der Waals surface area (Å²) in [5.74, 6) is 1.06. The average Bonchev–Trinajstić information content (AvgIpc) is 2.87. The molecule has 0 atom stereocenters. The molecule has 3 N–H and O–H groups in total. The van der Waals surface area contributed by atoms with Crippen molar-refractivity contribution in [3.05, 3.63) is 57.8 Å². The van der Waals surface area contributed by atoms with E-state index in [0.717, 1.165) is 33.6 Å². The molecule has 0 unspecified atom stereocenters. The molecule has 0 fully saturated rings. The fraction of sp³-hybridized carbons (Fsp3) is 0.150. The number of methoxy groups -OCH3 is 1. The van der Waals surface area contributed by atoms with E-state index < -0.39 is 0 Å². The van der Waals surface area contributed by atoms with E-state index in [2.05, 4.69) is 17.1 Å². The van der Waals surface area contributed by atoms with Crippen LogP contribution in [-0.2, 0) is 0 Å². The van der Waals surface area contributed by atoms with Crippen molar-refractivity contribution < 1.29 is 9.72 Å². The molecule has 0 saturated carbocycles. The summed E-state index contributed by atoms with van der Waals surface area (Å²) < 4.78 is 5.19. The highest BCUT2D eigenvalue weighted by atomic mass is 16.5. The van der Waals surface area contributed by atoms with Crippen molar-refractivity contribution in [2.24, 2.45) is 0 Å². The Bertz CT molecular complexity index is 1020. The van der Waals surface area contributed by atoms with Gasteiger partial charge in [-0.2, -0.15) is 10.5 Å². The van der Waals surface area contributed by atoms with Gasteiger partial charge in [0.1, 0.15) is 29.0 Å². The molecule has 2 aromatic rings. The maximum Gasteiger partial charge on any atom is 0.289 e. The predicted octanol–water partition coefficient (Wildman–Crippen LogP) is 3.12. The third-order valence-corrected chi connectivity index (χ3v) is 4.48. The number of nitrogens with two attached hydrogens (primary N) is 1. The second-order valence-electron chi connectivity index (χ2n) is 5.84. The molecule has 0 spiro atoms. The van der Waals surface area contributed by atoms with Gasteiger partial charge in [0.05, 0.1) is 7.11 Å². The monoisotopic (exact) mass is 329 g/mol. The van der Waals surface area contributed by atoms with E-state index >= 15 is 0 Å². The van der Waals surface area contributed by atoms with Gasteiger partial charge in [0.2, 0.25) is 0 Å². The molecule has 1 aromatic heterocycles. The Kier molecular flexibility index (Phi) is 4.00. The number of nitrogens with one attached hydrogen (secondary N) is 1. The average molecular weight is 329 g/mol. The van der Waals surface area contributed by atoms with Crippen LogP contribution >= 0.6 is 0 Å². The van der Waals surface area contributed by atoms with E-state index in [1.807, 2.05) is 44.2 Å². The smallest absolute Gasteiger partial charge is 0.289 e. The highest BCUT2D eigenvalue weighted by Gasteiger charge is 2.32. The summed E-state index contributed by atoms with van der Waals surface area (Å²) in [6.45, 7) is 3.76. The molecule has 122 valence electrons. The van der Waals surface area contributed by atoms with Crippen LogP contribution in [0.5, 0.6) is 5.75 Å². The van der Waals surface area contributed by atoms with Gasteiger partial charge in [0, 0.05) is 5.56 Å². The highest BCUT2D eigenvalue weighted by molar-refractivity contribution is 6.07. The van der Waals surface area contributed by atoms with Crippen LogP contribution in [0.1, 0.15) is 34.9 Å². The molecule has 0 bridgehead atoms. The number of nitrogens with zero attached hydrogens (tertiary/aromatic N) is 2. The molecule has 1 aliphatic carbocycles. The number of H-pyrrole nitrogens is 1. The normalized spacial score (nSPS) is 14.2. The van der Waals surface area contributed by atoms with Crippen LogP contribution in [0.2, 0.25) is 0 Å². The van der Waals surface area contributed by atoms with Crippen molar-refractivity contribution in [3.8, 4) is 17.9 Å². The highest BCUT2D eigenvalue weighted by Crippen LogP contribution is 2.42. The summed E-state index contributed by atoms with van der Waals surface area (Å²) in [4.78, 5) is 3.03. The van der Waals surface area contributed by atoms with Gasteiger partial charge < -0.3 is 4.74 Å². The Balaban J connectivity index is 2.26. The number of fused-ring (bicyclic) bond motifs is 1. The predicted molar refractivity (Wildman–Crippen MR) is 95.9 cm³/mol. The van der Waals surface area contributed by atoms with Crippen molar-refractivity contribution in [3.63, 3.8) is 0 Å². The van der Waals surface area contributed by atoms with Crippen LogP contribution in [0.4, 0.5) is 5.82 Å². The number of ether oxygens (including phenoxy) is 1. The number of aromatic nitrogens is 1. The first-order valence-corrected chi connectivity index (χ1v) is 7.75. The van der Waals surface area contributed by atoms with E-state index in [-0.39, 0.29) is 5.82 Å². The van der Waals surface area contributed by atoms with Crippen LogP contribution in [0.15, 0.2) is 29.8 Å². The van der Waals surface area contributed by atoms with E-state index in [9.17, 15) is 10.5 Å². The molecule has 0 radical (unpaired) electrons. The van der Waals surface area contributed by atoms with Crippen molar-refractivity contribution in [1.29, 1.82) is 10.5 Å². The minimum atomic E-state index is 0.282. The quantitative estimate of drug-likeness (QED) is 0.915. The number of benzene rings is 1. The maximum absolute atomic E-state index is 9.57. The molecule has 0 amide bonds. The zero-order chi connectivity index (χ0) is 18.1. The first-order valence-electron chi connectivity index (χ1n) is 7.75. The number of rotatable bonds is 2. The van der Waals surface area contributed by atoms with Crippen molar-refractivity contribution in [1.82, 2.24) is 0 Å². The summed E-state index contributed by atoms with van der Waals surface area (Å²) in [7, 11) is 1.62. The van der Waals surface area contributed by atoms with Gasteiger partial charge in [-0.05, 0) is 54.3 Å². The van der Waals surface area contributed by atoms with Crippen LogP contribution in [0.25, 0.3) is 17.2 Å². The van der Waals surface area contributed by atoms with Gasteiger partial charge in [0.25, 0.3) is 5.82 Å². The van der Waals surface area contributed by atoms with Gasteiger partial charge in [-0.25, -0.2) is 4.98 Å². The largest absolute Gasteiger partial charge is 0.497 e. The lowest BCUT2D eigenvalue weighted by molar-refractivity contribution is -0.364. The molecule has 1 aromatic carbocycles. The van der Waals surface area contributed by atoms with Crippen LogP contribution in [0.3, 0.4) is 0 Å². The molecule has 1 aliphatic rings. The van der Waals surface area contributed by atoms with Gasteiger partial charge in [-0.1, -0.05) is 12.1 Å². The second-order valence-corrected chi connectivity index (χ2v) is 5.84. The number of nitrogen functional groups attached to an aromatic ring is 1. The molecule has 0 aliphatic heterocycles. The third-order valence-electron chi connectivity index (χ3n) is 4.48. The molecule has 25 heavy (non-hydrogen) atoms. The molecule has 0 saturated heterocycles. The first-order chi connectivity index (χ1) is 12.0. The maximum atomic E-state index is 9.57. The van der Waals surface area contributed by atoms with Crippen molar-refractivity contribution in [2.75, 3.05) is 12.8 Å². The summed E-state index contributed by atoms with van der Waals surface area (Å²) in [5, 5.41) is 19.0. The third kappa shape index (κ3) is 2.52. The fourth-order valence-electron chi connectivity index (χ4n) is 3.14. The first kappa shape index (κ1) is 16.3. The van der Waals surface area contributed by atoms with E-state index in [1.165, 1.54) is 0 Å². The van der Waals surface area contributed by atoms with Gasteiger partial charge in [-0.15, -0.1) is 0 Å². The Morgan fingerprint density at radius 3 is 2.36 bits per heavy atom.